The molecular formula is C20H23F2N5O3S. The van der Waals surface area contributed by atoms with Crippen molar-refractivity contribution in [3.63, 3.8) is 0 Å². The van der Waals surface area contributed by atoms with Crippen LogP contribution in [0.1, 0.15) is 35.6 Å². The number of fused-ring (bicyclic) bond motifs is 3. The Bertz CT molecular complexity index is 1220. The third-order valence-corrected chi connectivity index (χ3v) is 7.94. The number of hydrogen-bond acceptors (Lipinski definition) is 4. The molecule has 3 atom stereocenters. The lowest BCUT2D eigenvalue weighted by atomic mass is 9.98. The molecular weight excluding hydrogens is 428 g/mol. The van der Waals surface area contributed by atoms with E-state index >= 15 is 0 Å². The molecule has 0 saturated heterocycles. The summed E-state index contributed by atoms with van der Waals surface area (Å²) < 4.78 is 56.2. The van der Waals surface area contributed by atoms with Crippen molar-refractivity contribution in [1.29, 1.82) is 0 Å². The summed E-state index contributed by atoms with van der Waals surface area (Å²) in [5, 5.41) is 6.86. The van der Waals surface area contributed by atoms with Gasteiger partial charge in [-0.05, 0) is 55.5 Å². The fraction of sp³-hybridized carbons (Fsp3) is 0.500. The molecule has 0 bridgehead atoms. The van der Waals surface area contributed by atoms with Crippen LogP contribution in [0.25, 0.3) is 0 Å². The van der Waals surface area contributed by atoms with Crippen LogP contribution in [-0.2, 0) is 42.1 Å². The lowest BCUT2D eigenvalue weighted by Crippen LogP contribution is -2.23. The lowest BCUT2D eigenvalue weighted by Gasteiger charge is -2.16. The number of anilines is 1. The van der Waals surface area contributed by atoms with Gasteiger partial charge >= 0.3 is 6.03 Å². The van der Waals surface area contributed by atoms with Crippen LogP contribution in [0.15, 0.2) is 15.5 Å². The molecule has 1 aromatic carbocycles. The molecule has 0 spiro atoms. The minimum atomic E-state index is -3.37. The number of rotatable bonds is 3. The van der Waals surface area contributed by atoms with Gasteiger partial charge in [0, 0.05) is 18.5 Å². The number of nitrogens with one attached hydrogen (secondary N) is 2. The Balaban J connectivity index is 1.53. The number of benzene rings is 1. The number of alkyl halides is 1. The molecule has 2 N–H and O–H groups in total. The Labute approximate surface area is 178 Å². The van der Waals surface area contributed by atoms with Crippen LogP contribution >= 0.6 is 0 Å². The number of aromatic nitrogens is 2. The van der Waals surface area contributed by atoms with Crippen molar-refractivity contribution in [1.82, 2.24) is 14.5 Å². The molecule has 1 aromatic heterocycles. The van der Waals surface area contributed by atoms with E-state index in [4.69, 9.17) is 4.74 Å². The molecule has 11 heteroatoms. The highest BCUT2D eigenvalue weighted by molar-refractivity contribution is 7.92. The molecule has 0 saturated carbocycles. The molecule has 2 aromatic rings. The van der Waals surface area contributed by atoms with Crippen molar-refractivity contribution in [3.8, 4) is 5.88 Å². The minimum absolute atomic E-state index is 0.000212. The standard InChI is InChI=1S/C20H23F2N5O3S/c1-10-9-27-19(30-10)16(8-24-27)31(29,23-2)26-20(28)25-18-13-5-3-4-12(13)17(22)14-6-11(21)7-15(14)18/h8,10-11H,3-7,9H2,1-2H3,(H2,23,25,26,28,29)/t10-,11-,31-/m0/s1. The van der Waals surface area contributed by atoms with Gasteiger partial charge in [-0.2, -0.15) is 5.10 Å². The average Bonchev–Trinajstić information content (AvgIpc) is 3.47. The summed E-state index contributed by atoms with van der Waals surface area (Å²) >= 11 is 0. The van der Waals surface area contributed by atoms with E-state index < -0.39 is 22.1 Å². The summed E-state index contributed by atoms with van der Waals surface area (Å²) in [4.78, 5) is 13.0. The summed E-state index contributed by atoms with van der Waals surface area (Å²) in [6.07, 6.45) is 2.01. The minimum Gasteiger partial charge on any atom is -0.472 e. The summed E-state index contributed by atoms with van der Waals surface area (Å²) in [6, 6.07) is -0.851. The predicted octanol–water partition coefficient (Wildman–Crippen LogP) is 2.92. The maximum absolute atomic E-state index is 14.9. The van der Waals surface area contributed by atoms with Gasteiger partial charge in [0.25, 0.3) is 0 Å². The number of hydrogen-bond donors (Lipinski definition) is 2. The van der Waals surface area contributed by atoms with E-state index in [0.717, 1.165) is 6.42 Å². The second-order valence-electron chi connectivity index (χ2n) is 8.14. The molecule has 0 radical (unpaired) electrons. The monoisotopic (exact) mass is 451 g/mol. The lowest BCUT2D eigenvalue weighted by molar-refractivity contribution is 0.248. The van der Waals surface area contributed by atoms with Crippen LogP contribution in [0.4, 0.5) is 19.3 Å². The third-order valence-electron chi connectivity index (χ3n) is 6.09. The van der Waals surface area contributed by atoms with Gasteiger partial charge in [0.05, 0.1) is 12.7 Å². The zero-order valence-corrected chi connectivity index (χ0v) is 18.0. The van der Waals surface area contributed by atoms with Gasteiger partial charge < -0.3 is 10.1 Å². The van der Waals surface area contributed by atoms with E-state index in [1.165, 1.54) is 13.2 Å². The highest BCUT2D eigenvalue weighted by Gasteiger charge is 2.34. The van der Waals surface area contributed by atoms with Crippen molar-refractivity contribution in [2.24, 2.45) is 4.36 Å². The van der Waals surface area contributed by atoms with Gasteiger partial charge in [-0.3, -0.25) is 0 Å². The second-order valence-corrected chi connectivity index (χ2v) is 10.2. The summed E-state index contributed by atoms with van der Waals surface area (Å²) in [7, 11) is -1.94. The molecule has 1 aliphatic heterocycles. The summed E-state index contributed by atoms with van der Waals surface area (Å²) in [5.74, 6) is -0.0365. The number of carbonyl (C=O) groups is 1. The van der Waals surface area contributed by atoms with Gasteiger partial charge in [-0.25, -0.2) is 27.2 Å². The predicted molar refractivity (Wildman–Crippen MR) is 110 cm³/mol. The van der Waals surface area contributed by atoms with Gasteiger partial charge in [-0.1, -0.05) is 0 Å². The van der Waals surface area contributed by atoms with Crippen LogP contribution in [0.3, 0.4) is 0 Å². The number of nitrogens with zero attached hydrogens (tertiary/aromatic N) is 3. The largest absolute Gasteiger partial charge is 0.472 e. The van der Waals surface area contributed by atoms with Crippen molar-refractivity contribution in [2.45, 2.75) is 62.7 Å². The Morgan fingerprint density at radius 1 is 1.29 bits per heavy atom. The van der Waals surface area contributed by atoms with E-state index in [1.807, 2.05) is 6.92 Å². The van der Waals surface area contributed by atoms with E-state index in [1.54, 1.807) is 4.68 Å². The molecule has 0 unspecified atom stereocenters. The molecule has 2 heterocycles. The fourth-order valence-corrected chi connectivity index (χ4v) is 6.00. The van der Waals surface area contributed by atoms with Gasteiger partial charge in [0.2, 0.25) is 5.88 Å². The molecule has 2 amide bonds. The SMILES string of the molecule is CN[S@](=O)(=NC(=O)Nc1c2c(c(F)c3c1C[C@@H](F)C3)CCC2)c1cnn2c1O[C@@H](C)C2. The first-order valence-corrected chi connectivity index (χ1v) is 11.8. The quantitative estimate of drug-likeness (QED) is 0.750. The zero-order chi connectivity index (χ0) is 21.9. The molecule has 5 rings (SSSR count). The normalized spacial score (nSPS) is 23.0. The summed E-state index contributed by atoms with van der Waals surface area (Å²) in [5.41, 5.74) is 2.45. The first kappa shape index (κ1) is 20.4. The van der Waals surface area contributed by atoms with Crippen LogP contribution in [0.5, 0.6) is 5.88 Å². The third kappa shape index (κ3) is 3.21. The number of carbonyl (C=O) groups excluding carboxylic acids is 1. The van der Waals surface area contributed by atoms with Crippen LogP contribution in [0, 0.1) is 5.82 Å². The van der Waals surface area contributed by atoms with E-state index in [0.29, 0.717) is 53.2 Å². The molecule has 8 nitrogen and oxygen atoms in total. The smallest absolute Gasteiger partial charge is 0.354 e. The first-order valence-electron chi connectivity index (χ1n) is 10.3. The van der Waals surface area contributed by atoms with Gasteiger partial charge in [0.15, 0.2) is 9.92 Å². The highest BCUT2D eigenvalue weighted by Crippen LogP contribution is 2.41. The zero-order valence-electron chi connectivity index (χ0n) is 17.2. The summed E-state index contributed by atoms with van der Waals surface area (Å²) in [6.45, 7) is 2.37. The van der Waals surface area contributed by atoms with E-state index in [9.17, 15) is 17.8 Å². The Kier molecular flexibility index (Phi) is 4.78. The molecule has 0 fully saturated rings. The number of halogens is 2. The first-order chi connectivity index (χ1) is 14.8. The Morgan fingerprint density at radius 3 is 2.81 bits per heavy atom. The topological polar surface area (TPSA) is 97.6 Å². The Hall–Kier alpha value is -2.53. The average molecular weight is 451 g/mol. The van der Waals surface area contributed by atoms with E-state index in [2.05, 4.69) is 19.5 Å². The number of amides is 2. The van der Waals surface area contributed by atoms with E-state index in [-0.39, 0.29) is 29.7 Å². The van der Waals surface area contributed by atoms with Gasteiger partial charge in [-0.15, -0.1) is 4.36 Å². The molecule has 31 heavy (non-hydrogen) atoms. The fourth-order valence-electron chi connectivity index (χ4n) is 4.73. The molecule has 166 valence electrons. The van der Waals surface area contributed by atoms with Crippen molar-refractivity contribution < 1.29 is 22.5 Å². The van der Waals surface area contributed by atoms with Crippen molar-refractivity contribution in [2.75, 3.05) is 12.4 Å². The molecule has 3 aliphatic rings. The van der Waals surface area contributed by atoms with Crippen LogP contribution in [-0.4, -0.2) is 39.3 Å². The Morgan fingerprint density at radius 2 is 2.03 bits per heavy atom. The molecule has 2 aliphatic carbocycles. The maximum Gasteiger partial charge on any atom is 0.354 e. The number of ether oxygens (including phenoxy) is 1. The maximum atomic E-state index is 14.9. The van der Waals surface area contributed by atoms with Crippen molar-refractivity contribution in [3.05, 3.63) is 34.3 Å². The number of urea groups is 1. The van der Waals surface area contributed by atoms with Crippen LogP contribution in [0.2, 0.25) is 0 Å². The van der Waals surface area contributed by atoms with Gasteiger partial charge in [0.1, 0.15) is 23.0 Å². The van der Waals surface area contributed by atoms with Crippen molar-refractivity contribution >= 4 is 21.6 Å². The second kappa shape index (κ2) is 7.27. The highest BCUT2D eigenvalue weighted by atomic mass is 32.2. The van der Waals surface area contributed by atoms with Crippen LogP contribution < -0.4 is 14.8 Å².